The third kappa shape index (κ3) is 3.55. The smallest absolute Gasteiger partial charge is 0.368 e. The van der Waals surface area contributed by atoms with Crippen molar-refractivity contribution in [1.29, 1.82) is 0 Å². The standard InChI is InChI=1S/C24H28F3N5O/c25-24(26,27)16-4-5-18(21-20(16)29-8-9-30-21)32-12-17(23(13-32)6-7-23)22(33)31-19-14-2-1-3-15(19)11-28-10-14/h4-5,8-9,14-15,17,19,28H,1-3,6-7,10-13H2,(H,31,33). The van der Waals surface area contributed by atoms with Crippen LogP contribution in [-0.4, -0.2) is 48.1 Å². The summed E-state index contributed by atoms with van der Waals surface area (Å²) in [5, 5.41) is 6.91. The van der Waals surface area contributed by atoms with Crippen LogP contribution in [-0.2, 0) is 11.0 Å². The highest BCUT2D eigenvalue weighted by Gasteiger charge is 2.58. The lowest BCUT2D eigenvalue weighted by Crippen LogP contribution is -2.58. The van der Waals surface area contributed by atoms with Crippen LogP contribution in [0.5, 0.6) is 0 Å². The fourth-order valence-electron chi connectivity index (χ4n) is 6.51. The number of halogens is 3. The second kappa shape index (κ2) is 7.55. The van der Waals surface area contributed by atoms with Gasteiger partial charge in [0.2, 0.25) is 5.91 Å². The van der Waals surface area contributed by atoms with E-state index in [1.807, 2.05) is 0 Å². The summed E-state index contributed by atoms with van der Waals surface area (Å²) in [5.41, 5.74) is -0.115. The number of piperidine rings is 1. The van der Waals surface area contributed by atoms with Crippen molar-refractivity contribution in [2.75, 3.05) is 31.1 Å². The molecule has 33 heavy (non-hydrogen) atoms. The van der Waals surface area contributed by atoms with Gasteiger partial charge in [-0.3, -0.25) is 14.8 Å². The van der Waals surface area contributed by atoms with Crippen LogP contribution in [0.1, 0.15) is 37.7 Å². The predicted molar refractivity (Wildman–Crippen MR) is 118 cm³/mol. The summed E-state index contributed by atoms with van der Waals surface area (Å²) >= 11 is 0. The average Bonchev–Trinajstić information content (AvgIpc) is 3.44. The van der Waals surface area contributed by atoms with E-state index in [2.05, 4.69) is 25.5 Å². The zero-order valence-electron chi connectivity index (χ0n) is 18.4. The van der Waals surface area contributed by atoms with E-state index in [1.165, 1.54) is 24.9 Å². The second-order valence-corrected chi connectivity index (χ2v) is 10.3. The second-order valence-electron chi connectivity index (χ2n) is 10.3. The zero-order valence-corrected chi connectivity index (χ0v) is 18.4. The minimum absolute atomic E-state index is 0.0800. The van der Waals surface area contributed by atoms with Gasteiger partial charge in [-0.1, -0.05) is 6.42 Å². The molecule has 6 rings (SSSR count). The van der Waals surface area contributed by atoms with E-state index in [-0.39, 0.29) is 34.3 Å². The maximum atomic E-state index is 13.5. The molecule has 3 unspecified atom stereocenters. The number of hydrogen-bond donors (Lipinski definition) is 2. The van der Waals surface area contributed by atoms with Crippen molar-refractivity contribution in [2.45, 2.75) is 44.3 Å². The summed E-state index contributed by atoms with van der Waals surface area (Å²) in [6.45, 7) is 3.09. The quantitative estimate of drug-likeness (QED) is 0.737. The molecule has 2 bridgehead atoms. The van der Waals surface area contributed by atoms with Crippen LogP contribution >= 0.6 is 0 Å². The number of nitrogens with zero attached hydrogens (tertiary/aromatic N) is 3. The Morgan fingerprint density at radius 2 is 1.79 bits per heavy atom. The number of nitrogens with one attached hydrogen (secondary N) is 2. The summed E-state index contributed by atoms with van der Waals surface area (Å²) in [4.78, 5) is 23.8. The lowest BCUT2D eigenvalue weighted by Gasteiger charge is -2.43. The highest BCUT2D eigenvalue weighted by molar-refractivity contribution is 5.92. The number of amides is 1. The predicted octanol–water partition coefficient (Wildman–Crippen LogP) is 3.37. The van der Waals surface area contributed by atoms with E-state index in [9.17, 15) is 18.0 Å². The molecule has 0 radical (unpaired) electrons. The molecular weight excluding hydrogens is 431 g/mol. The zero-order chi connectivity index (χ0) is 22.8. The molecule has 3 atom stereocenters. The Hall–Kier alpha value is -2.42. The number of carbonyl (C=O) groups excluding carboxylic acids is 1. The van der Waals surface area contributed by atoms with Gasteiger partial charge in [-0.2, -0.15) is 13.2 Å². The fraction of sp³-hybridized carbons (Fsp3) is 0.625. The van der Waals surface area contributed by atoms with Crippen molar-refractivity contribution in [3.05, 3.63) is 30.1 Å². The topological polar surface area (TPSA) is 70.2 Å². The van der Waals surface area contributed by atoms with Crippen molar-refractivity contribution >= 4 is 22.6 Å². The van der Waals surface area contributed by atoms with Crippen LogP contribution in [0.2, 0.25) is 0 Å². The normalized spacial score (nSPS) is 30.6. The van der Waals surface area contributed by atoms with Gasteiger partial charge >= 0.3 is 6.18 Å². The number of benzene rings is 1. The minimum Gasteiger partial charge on any atom is -0.368 e. The molecular formula is C24H28F3N5O. The lowest BCUT2D eigenvalue weighted by atomic mass is 9.74. The monoisotopic (exact) mass is 459 g/mol. The van der Waals surface area contributed by atoms with Gasteiger partial charge in [0.25, 0.3) is 0 Å². The van der Waals surface area contributed by atoms with E-state index in [0.29, 0.717) is 30.6 Å². The fourth-order valence-corrected chi connectivity index (χ4v) is 6.51. The van der Waals surface area contributed by atoms with Crippen LogP contribution < -0.4 is 15.5 Å². The SMILES string of the molecule is O=C(NC1C2CCCC1CNC2)C1CN(c2ccc(C(F)(F)F)c3nccnc23)CC12CC2. The molecule has 6 nitrogen and oxygen atoms in total. The highest BCUT2D eigenvalue weighted by atomic mass is 19.4. The Morgan fingerprint density at radius 3 is 2.45 bits per heavy atom. The van der Waals surface area contributed by atoms with Crippen molar-refractivity contribution in [3.8, 4) is 0 Å². The van der Waals surface area contributed by atoms with E-state index in [4.69, 9.17) is 0 Å². The largest absolute Gasteiger partial charge is 0.418 e. The van der Waals surface area contributed by atoms with E-state index in [0.717, 1.165) is 44.8 Å². The summed E-state index contributed by atoms with van der Waals surface area (Å²) in [5.74, 6) is 0.940. The van der Waals surface area contributed by atoms with Crippen molar-refractivity contribution < 1.29 is 18.0 Å². The molecule has 2 aliphatic carbocycles. The molecule has 1 aromatic carbocycles. The first-order valence-electron chi connectivity index (χ1n) is 11.9. The molecule has 2 N–H and O–H groups in total. The Bertz CT molecular complexity index is 1060. The molecule has 2 saturated heterocycles. The van der Waals surface area contributed by atoms with Gasteiger partial charge in [-0.15, -0.1) is 0 Å². The number of alkyl halides is 3. The maximum Gasteiger partial charge on any atom is 0.418 e. The summed E-state index contributed by atoms with van der Waals surface area (Å²) in [6, 6.07) is 2.82. The number of aromatic nitrogens is 2. The molecule has 2 saturated carbocycles. The first kappa shape index (κ1) is 21.1. The van der Waals surface area contributed by atoms with E-state index < -0.39 is 11.7 Å². The molecule has 176 valence electrons. The lowest BCUT2D eigenvalue weighted by molar-refractivity contribution is -0.136. The Labute approximate surface area is 190 Å². The molecule has 1 amide bonds. The molecule has 1 aromatic heterocycles. The van der Waals surface area contributed by atoms with Crippen LogP contribution in [0.4, 0.5) is 18.9 Å². The first-order valence-corrected chi connectivity index (χ1v) is 11.9. The number of fused-ring (bicyclic) bond motifs is 3. The highest BCUT2D eigenvalue weighted by Crippen LogP contribution is 2.57. The number of rotatable bonds is 3. The Kier molecular flexibility index (Phi) is 4.83. The summed E-state index contributed by atoms with van der Waals surface area (Å²) in [7, 11) is 0. The molecule has 2 aromatic rings. The molecule has 1 spiro atoms. The van der Waals surface area contributed by atoms with Gasteiger partial charge < -0.3 is 15.5 Å². The van der Waals surface area contributed by atoms with Crippen molar-refractivity contribution in [2.24, 2.45) is 23.2 Å². The maximum absolute atomic E-state index is 13.5. The first-order chi connectivity index (χ1) is 15.9. The van der Waals surface area contributed by atoms with Crippen LogP contribution in [0.25, 0.3) is 11.0 Å². The average molecular weight is 460 g/mol. The van der Waals surface area contributed by atoms with Gasteiger partial charge in [-0.05, 0) is 62.7 Å². The van der Waals surface area contributed by atoms with Crippen molar-refractivity contribution in [1.82, 2.24) is 20.6 Å². The van der Waals surface area contributed by atoms with Gasteiger partial charge in [0.1, 0.15) is 11.0 Å². The van der Waals surface area contributed by atoms with Crippen LogP contribution in [0.3, 0.4) is 0 Å². The third-order valence-electron chi connectivity index (χ3n) is 8.39. The third-order valence-corrected chi connectivity index (χ3v) is 8.39. The van der Waals surface area contributed by atoms with E-state index >= 15 is 0 Å². The van der Waals surface area contributed by atoms with Crippen LogP contribution in [0.15, 0.2) is 24.5 Å². The Balaban J connectivity index is 1.27. The van der Waals surface area contributed by atoms with Gasteiger partial charge in [-0.25, -0.2) is 0 Å². The molecule has 3 heterocycles. The number of carbonyl (C=O) groups is 1. The molecule has 2 aliphatic heterocycles. The van der Waals surface area contributed by atoms with Gasteiger partial charge in [0.15, 0.2) is 0 Å². The number of anilines is 1. The van der Waals surface area contributed by atoms with Gasteiger partial charge in [0, 0.05) is 36.9 Å². The van der Waals surface area contributed by atoms with Crippen LogP contribution in [0, 0.1) is 23.2 Å². The number of hydrogen-bond acceptors (Lipinski definition) is 5. The van der Waals surface area contributed by atoms with Gasteiger partial charge in [0.05, 0.1) is 17.2 Å². The summed E-state index contributed by atoms with van der Waals surface area (Å²) < 4.78 is 40.5. The molecule has 4 fully saturated rings. The Morgan fingerprint density at radius 1 is 1.09 bits per heavy atom. The minimum atomic E-state index is -4.50. The summed E-state index contributed by atoms with van der Waals surface area (Å²) in [6.07, 6.45) is 3.70. The molecule has 4 aliphatic rings. The van der Waals surface area contributed by atoms with Crippen molar-refractivity contribution in [3.63, 3.8) is 0 Å². The molecule has 9 heteroatoms. The van der Waals surface area contributed by atoms with E-state index in [1.54, 1.807) is 0 Å².